The minimum Gasteiger partial charge on any atom is -0.496 e. The molecule has 1 aliphatic heterocycles. The number of aromatic amines is 1. The maximum atomic E-state index is 11.9. The standard InChI is InChI=1S/C21H26N2O2S/c1-4-15-11-18(14(2)23-21(15)24)20-10-9-17(26-20)13-22-12-16-7-5-6-8-19(16)25-3/h5-8,10-11,17,22H,4,9,12-13H2,1-3H3,(H,23,24). The van der Waals surface area contributed by atoms with Crippen LogP contribution in [0.3, 0.4) is 0 Å². The van der Waals surface area contributed by atoms with Crippen LogP contribution in [0.15, 0.2) is 41.2 Å². The molecule has 138 valence electrons. The zero-order chi connectivity index (χ0) is 18.5. The molecule has 0 saturated carbocycles. The van der Waals surface area contributed by atoms with Crippen LogP contribution < -0.4 is 15.6 Å². The fourth-order valence-electron chi connectivity index (χ4n) is 3.21. The van der Waals surface area contributed by atoms with Crippen LogP contribution in [0.4, 0.5) is 0 Å². The van der Waals surface area contributed by atoms with Gasteiger partial charge in [-0.15, -0.1) is 11.8 Å². The Labute approximate surface area is 159 Å². The second-order valence-corrected chi connectivity index (χ2v) is 7.84. The number of aryl methyl sites for hydroxylation is 2. The van der Waals surface area contributed by atoms with E-state index in [4.69, 9.17) is 4.74 Å². The molecule has 5 heteroatoms. The van der Waals surface area contributed by atoms with Crippen LogP contribution in [0, 0.1) is 6.92 Å². The van der Waals surface area contributed by atoms with Gasteiger partial charge in [0, 0.05) is 45.6 Å². The number of hydrogen-bond acceptors (Lipinski definition) is 4. The van der Waals surface area contributed by atoms with Gasteiger partial charge in [0.2, 0.25) is 0 Å². The third kappa shape index (κ3) is 4.22. The van der Waals surface area contributed by atoms with Crippen molar-refractivity contribution in [2.45, 2.75) is 38.5 Å². The zero-order valence-electron chi connectivity index (χ0n) is 15.6. The first-order valence-corrected chi connectivity index (χ1v) is 9.93. The molecule has 1 atom stereocenters. The largest absolute Gasteiger partial charge is 0.496 e. The number of pyridine rings is 1. The predicted molar refractivity (Wildman–Crippen MR) is 110 cm³/mol. The van der Waals surface area contributed by atoms with E-state index in [1.807, 2.05) is 43.8 Å². The van der Waals surface area contributed by atoms with E-state index in [1.165, 1.54) is 16.0 Å². The monoisotopic (exact) mass is 370 g/mol. The van der Waals surface area contributed by atoms with Crippen molar-refractivity contribution in [3.8, 4) is 5.75 Å². The number of para-hydroxylation sites is 1. The van der Waals surface area contributed by atoms with Crippen LogP contribution in [-0.4, -0.2) is 23.9 Å². The summed E-state index contributed by atoms with van der Waals surface area (Å²) < 4.78 is 5.40. The minimum atomic E-state index is 0.0346. The van der Waals surface area contributed by atoms with Crippen molar-refractivity contribution >= 4 is 16.7 Å². The summed E-state index contributed by atoms with van der Waals surface area (Å²) >= 11 is 1.89. The average Bonchev–Trinajstić information content (AvgIpc) is 3.11. The van der Waals surface area contributed by atoms with Crippen LogP contribution in [-0.2, 0) is 13.0 Å². The highest BCUT2D eigenvalue weighted by molar-refractivity contribution is 8.09. The van der Waals surface area contributed by atoms with E-state index in [2.05, 4.69) is 28.5 Å². The third-order valence-electron chi connectivity index (χ3n) is 4.70. The number of methoxy groups -OCH3 is 1. The molecular weight excluding hydrogens is 344 g/mol. The maximum absolute atomic E-state index is 11.9. The highest BCUT2D eigenvalue weighted by Gasteiger charge is 2.21. The Morgan fingerprint density at radius 3 is 2.88 bits per heavy atom. The van der Waals surface area contributed by atoms with Gasteiger partial charge in [0.15, 0.2) is 0 Å². The van der Waals surface area contributed by atoms with Crippen LogP contribution in [0.1, 0.15) is 35.7 Å². The molecule has 2 heterocycles. The van der Waals surface area contributed by atoms with E-state index in [1.54, 1.807) is 7.11 Å². The zero-order valence-corrected chi connectivity index (χ0v) is 16.4. The fourth-order valence-corrected chi connectivity index (χ4v) is 4.50. The van der Waals surface area contributed by atoms with Crippen molar-refractivity contribution in [2.75, 3.05) is 13.7 Å². The predicted octanol–water partition coefficient (Wildman–Crippen LogP) is 3.89. The number of benzene rings is 1. The van der Waals surface area contributed by atoms with Gasteiger partial charge in [-0.25, -0.2) is 0 Å². The summed E-state index contributed by atoms with van der Waals surface area (Å²) in [5.41, 5.74) is 4.18. The van der Waals surface area contributed by atoms with Gasteiger partial charge in [0.1, 0.15) is 5.75 Å². The first-order chi connectivity index (χ1) is 12.6. The van der Waals surface area contributed by atoms with Gasteiger partial charge >= 0.3 is 0 Å². The lowest BCUT2D eigenvalue weighted by molar-refractivity contribution is 0.407. The lowest BCUT2D eigenvalue weighted by atomic mass is 10.1. The van der Waals surface area contributed by atoms with Crippen molar-refractivity contribution in [1.29, 1.82) is 0 Å². The molecule has 0 aliphatic carbocycles. The number of ether oxygens (including phenoxy) is 1. The van der Waals surface area contributed by atoms with Gasteiger partial charge in [0.25, 0.3) is 5.56 Å². The van der Waals surface area contributed by atoms with E-state index in [0.717, 1.165) is 42.9 Å². The highest BCUT2D eigenvalue weighted by Crippen LogP contribution is 2.39. The molecule has 0 fully saturated rings. The lowest BCUT2D eigenvalue weighted by Crippen LogP contribution is -2.23. The molecule has 0 bridgehead atoms. The van der Waals surface area contributed by atoms with Crippen molar-refractivity contribution in [1.82, 2.24) is 10.3 Å². The van der Waals surface area contributed by atoms with Gasteiger partial charge in [0.05, 0.1) is 7.11 Å². The van der Waals surface area contributed by atoms with Crippen molar-refractivity contribution < 1.29 is 4.74 Å². The molecule has 0 amide bonds. The molecule has 26 heavy (non-hydrogen) atoms. The Morgan fingerprint density at radius 2 is 2.12 bits per heavy atom. The van der Waals surface area contributed by atoms with Crippen molar-refractivity contribution in [2.24, 2.45) is 0 Å². The number of aromatic nitrogens is 1. The summed E-state index contributed by atoms with van der Waals surface area (Å²) in [6.45, 7) is 5.73. The first-order valence-electron chi connectivity index (χ1n) is 9.05. The number of thioether (sulfide) groups is 1. The Bertz CT molecular complexity index is 857. The number of rotatable bonds is 7. The molecule has 1 aromatic heterocycles. The minimum absolute atomic E-state index is 0.0346. The van der Waals surface area contributed by atoms with E-state index >= 15 is 0 Å². The number of nitrogens with one attached hydrogen (secondary N) is 2. The fraction of sp³-hybridized carbons (Fsp3) is 0.381. The second-order valence-electron chi connectivity index (χ2n) is 6.50. The second kappa shape index (κ2) is 8.60. The quantitative estimate of drug-likeness (QED) is 0.776. The topological polar surface area (TPSA) is 54.1 Å². The normalized spacial score (nSPS) is 16.6. The summed E-state index contributed by atoms with van der Waals surface area (Å²) in [5, 5.41) is 4.05. The van der Waals surface area contributed by atoms with Crippen LogP contribution in [0.5, 0.6) is 5.75 Å². The Balaban J connectivity index is 1.58. The number of H-pyrrole nitrogens is 1. The summed E-state index contributed by atoms with van der Waals surface area (Å²) in [4.78, 5) is 16.2. The van der Waals surface area contributed by atoms with Crippen molar-refractivity contribution in [3.63, 3.8) is 0 Å². The average molecular weight is 371 g/mol. The van der Waals surface area contributed by atoms with Gasteiger partial charge in [-0.2, -0.15) is 0 Å². The van der Waals surface area contributed by atoms with Gasteiger partial charge in [-0.3, -0.25) is 4.79 Å². The van der Waals surface area contributed by atoms with Gasteiger partial charge in [-0.1, -0.05) is 31.2 Å². The van der Waals surface area contributed by atoms with Crippen LogP contribution in [0.2, 0.25) is 0 Å². The summed E-state index contributed by atoms with van der Waals surface area (Å²) in [6.07, 6.45) is 4.09. The molecule has 0 radical (unpaired) electrons. The summed E-state index contributed by atoms with van der Waals surface area (Å²) in [6, 6.07) is 10.2. The number of hydrogen-bond donors (Lipinski definition) is 2. The van der Waals surface area contributed by atoms with Crippen LogP contribution >= 0.6 is 11.8 Å². The van der Waals surface area contributed by atoms with E-state index < -0.39 is 0 Å². The highest BCUT2D eigenvalue weighted by atomic mass is 32.2. The molecular formula is C21H26N2O2S. The third-order valence-corrected chi connectivity index (χ3v) is 6.03. The molecule has 2 N–H and O–H groups in total. The van der Waals surface area contributed by atoms with Gasteiger partial charge in [-0.05, 0) is 31.9 Å². The summed E-state index contributed by atoms with van der Waals surface area (Å²) in [7, 11) is 1.71. The summed E-state index contributed by atoms with van der Waals surface area (Å²) in [5.74, 6) is 0.925. The molecule has 3 rings (SSSR count). The van der Waals surface area contributed by atoms with Gasteiger partial charge < -0.3 is 15.0 Å². The Morgan fingerprint density at radius 1 is 1.31 bits per heavy atom. The van der Waals surface area contributed by atoms with Crippen molar-refractivity contribution in [3.05, 3.63) is 69.1 Å². The van der Waals surface area contributed by atoms with E-state index in [9.17, 15) is 4.79 Å². The molecule has 1 aromatic carbocycles. The smallest absolute Gasteiger partial charge is 0.251 e. The molecule has 4 nitrogen and oxygen atoms in total. The molecule has 0 saturated heterocycles. The maximum Gasteiger partial charge on any atom is 0.251 e. The first kappa shape index (κ1) is 18.8. The molecule has 1 aliphatic rings. The van der Waals surface area contributed by atoms with E-state index in [0.29, 0.717) is 5.25 Å². The number of allylic oxidation sites excluding steroid dienone is 1. The Hall–Kier alpha value is -1.98. The Kier molecular flexibility index (Phi) is 6.22. The van der Waals surface area contributed by atoms with E-state index in [-0.39, 0.29) is 5.56 Å². The SMILES string of the molecule is CCc1cc(C2=CCC(CNCc3ccccc3OC)S2)c(C)[nH]c1=O. The molecule has 2 aromatic rings. The molecule has 0 spiro atoms. The van der Waals surface area contributed by atoms with Crippen LogP contribution in [0.25, 0.3) is 4.91 Å². The lowest BCUT2D eigenvalue weighted by Gasteiger charge is -2.14. The molecule has 1 unspecified atom stereocenters.